The van der Waals surface area contributed by atoms with E-state index in [9.17, 15) is 0 Å². The molecule has 0 bridgehead atoms. The second-order valence-electron chi connectivity index (χ2n) is 6.55. The summed E-state index contributed by atoms with van der Waals surface area (Å²) < 4.78 is 0. The molecule has 0 atom stereocenters. The van der Waals surface area contributed by atoms with Crippen LogP contribution in [-0.2, 0) is 6.42 Å². The number of amidine groups is 1. The summed E-state index contributed by atoms with van der Waals surface area (Å²) in [6, 6.07) is 19.4. The molecule has 1 N–H and O–H groups in total. The topological polar surface area (TPSA) is 24.4 Å². The number of rotatable bonds is 4. The zero-order valence-corrected chi connectivity index (χ0v) is 14.5. The second-order valence-corrected chi connectivity index (χ2v) is 6.55. The summed E-state index contributed by atoms with van der Waals surface area (Å²) in [4.78, 5) is 4.76. The van der Waals surface area contributed by atoms with Gasteiger partial charge in [0, 0.05) is 19.5 Å². The van der Waals surface area contributed by atoms with E-state index < -0.39 is 0 Å². The maximum absolute atomic E-state index is 4.76. The first-order chi connectivity index (χ1) is 11.9. The smallest absolute Gasteiger partial charge is 0.0963 e. The van der Waals surface area contributed by atoms with Crippen molar-refractivity contribution < 1.29 is 0 Å². The van der Waals surface area contributed by atoms with Crippen LogP contribution in [0.15, 0.2) is 59.6 Å². The molecule has 24 heavy (non-hydrogen) atoms. The Hall–Kier alpha value is -2.09. The Bertz CT molecular complexity index is 646. The van der Waals surface area contributed by atoms with Crippen molar-refractivity contribution in [2.24, 2.45) is 4.99 Å². The molecule has 3 rings (SSSR count). The highest BCUT2D eigenvalue weighted by atomic mass is 15.0. The number of benzene rings is 2. The Morgan fingerprint density at radius 1 is 0.792 bits per heavy atom. The quantitative estimate of drug-likeness (QED) is 0.818. The Morgan fingerprint density at radius 2 is 1.54 bits per heavy atom. The standard InChI is InChI=1S/C22H28N2/c1-2-7-15-22(23-17-10-3-1)24-18-16-20-13-8-9-14-21(20)19-11-5-4-6-12-19/h4-6,8-9,11-14H,1-3,7,10,15-18H2,(H,23,24). The predicted octanol–water partition coefficient (Wildman–Crippen LogP) is 5.24. The molecular weight excluding hydrogens is 292 g/mol. The van der Waals surface area contributed by atoms with Crippen LogP contribution in [0.25, 0.3) is 11.1 Å². The molecule has 2 nitrogen and oxygen atoms in total. The lowest BCUT2D eigenvalue weighted by molar-refractivity contribution is 0.638. The van der Waals surface area contributed by atoms with Crippen LogP contribution in [0.3, 0.4) is 0 Å². The molecule has 2 aromatic carbocycles. The molecule has 0 spiro atoms. The van der Waals surface area contributed by atoms with E-state index in [0.29, 0.717) is 0 Å². The molecule has 0 saturated heterocycles. The van der Waals surface area contributed by atoms with Crippen molar-refractivity contribution >= 4 is 5.84 Å². The SMILES string of the molecule is c1ccc(-c2ccccc2CCNC2=NCCCCCCC2)cc1. The number of aliphatic imine (C=N–C) groups is 1. The molecule has 1 aliphatic rings. The lowest BCUT2D eigenvalue weighted by Gasteiger charge is -2.12. The third-order valence-electron chi connectivity index (χ3n) is 4.70. The fraction of sp³-hybridized carbons (Fsp3) is 0.409. The molecule has 126 valence electrons. The Balaban J connectivity index is 1.60. The third-order valence-corrected chi connectivity index (χ3v) is 4.70. The summed E-state index contributed by atoms with van der Waals surface area (Å²) >= 11 is 0. The van der Waals surface area contributed by atoms with Gasteiger partial charge in [0.05, 0.1) is 5.84 Å². The number of nitrogens with one attached hydrogen (secondary N) is 1. The van der Waals surface area contributed by atoms with Crippen molar-refractivity contribution in [2.45, 2.75) is 44.9 Å². The number of hydrogen-bond donors (Lipinski definition) is 1. The Morgan fingerprint density at radius 3 is 2.46 bits per heavy atom. The van der Waals surface area contributed by atoms with E-state index in [1.807, 2.05) is 0 Å². The minimum atomic E-state index is 0.961. The molecule has 0 fully saturated rings. The maximum Gasteiger partial charge on any atom is 0.0963 e. The van der Waals surface area contributed by atoms with Gasteiger partial charge in [0.2, 0.25) is 0 Å². The minimum Gasteiger partial charge on any atom is -0.374 e. The molecule has 0 unspecified atom stereocenters. The van der Waals surface area contributed by atoms with E-state index in [4.69, 9.17) is 4.99 Å². The van der Waals surface area contributed by atoms with Gasteiger partial charge in [-0.1, -0.05) is 73.9 Å². The average molecular weight is 320 g/mol. The molecule has 0 aromatic heterocycles. The van der Waals surface area contributed by atoms with Crippen LogP contribution in [0.4, 0.5) is 0 Å². The minimum absolute atomic E-state index is 0.961. The summed E-state index contributed by atoms with van der Waals surface area (Å²) in [7, 11) is 0. The first-order valence-corrected chi connectivity index (χ1v) is 9.34. The van der Waals surface area contributed by atoms with Crippen molar-refractivity contribution in [3.63, 3.8) is 0 Å². The highest BCUT2D eigenvalue weighted by molar-refractivity contribution is 5.82. The van der Waals surface area contributed by atoms with Gasteiger partial charge in [0.25, 0.3) is 0 Å². The Kier molecular flexibility index (Phi) is 6.47. The lowest BCUT2D eigenvalue weighted by Crippen LogP contribution is -2.26. The first-order valence-electron chi connectivity index (χ1n) is 9.34. The predicted molar refractivity (Wildman–Crippen MR) is 104 cm³/mol. The second kappa shape index (κ2) is 9.27. The van der Waals surface area contributed by atoms with Crippen LogP contribution < -0.4 is 5.32 Å². The molecule has 0 aliphatic carbocycles. The average Bonchev–Trinajstić information content (AvgIpc) is 2.77. The fourth-order valence-corrected chi connectivity index (χ4v) is 3.35. The molecule has 1 aliphatic heterocycles. The summed E-state index contributed by atoms with van der Waals surface area (Å²) in [6.45, 7) is 1.95. The van der Waals surface area contributed by atoms with Crippen LogP contribution in [-0.4, -0.2) is 18.9 Å². The number of hydrogen-bond acceptors (Lipinski definition) is 2. The van der Waals surface area contributed by atoms with Crippen molar-refractivity contribution in [2.75, 3.05) is 13.1 Å². The molecule has 0 radical (unpaired) electrons. The van der Waals surface area contributed by atoms with E-state index in [1.54, 1.807) is 0 Å². The molecular formula is C22H28N2. The van der Waals surface area contributed by atoms with Gasteiger partial charge in [-0.25, -0.2) is 0 Å². The van der Waals surface area contributed by atoms with Gasteiger partial charge >= 0.3 is 0 Å². The van der Waals surface area contributed by atoms with E-state index >= 15 is 0 Å². The summed E-state index contributed by atoms with van der Waals surface area (Å²) in [5.41, 5.74) is 4.05. The first kappa shape index (κ1) is 16.8. The highest BCUT2D eigenvalue weighted by Gasteiger charge is 2.06. The van der Waals surface area contributed by atoms with Crippen LogP contribution in [0.1, 0.15) is 44.1 Å². The summed E-state index contributed by atoms with van der Waals surface area (Å²) in [6.07, 6.45) is 8.70. The molecule has 0 amide bonds. The van der Waals surface area contributed by atoms with Gasteiger partial charge in [0.1, 0.15) is 0 Å². The normalized spacial score (nSPS) is 15.8. The molecule has 0 saturated carbocycles. The van der Waals surface area contributed by atoms with E-state index in [0.717, 1.165) is 25.9 Å². The van der Waals surface area contributed by atoms with Gasteiger partial charge in [-0.2, -0.15) is 0 Å². The third kappa shape index (κ3) is 4.95. The molecule has 2 aromatic rings. The number of nitrogens with zero attached hydrogens (tertiary/aromatic N) is 1. The molecule has 2 heteroatoms. The van der Waals surface area contributed by atoms with Crippen molar-refractivity contribution in [1.82, 2.24) is 5.32 Å². The van der Waals surface area contributed by atoms with Gasteiger partial charge in [0.15, 0.2) is 0 Å². The van der Waals surface area contributed by atoms with E-state index in [2.05, 4.69) is 59.9 Å². The van der Waals surface area contributed by atoms with Gasteiger partial charge in [-0.05, 0) is 36.0 Å². The maximum atomic E-state index is 4.76. The summed E-state index contributed by atoms with van der Waals surface area (Å²) in [5.74, 6) is 1.22. The lowest BCUT2D eigenvalue weighted by atomic mass is 9.98. The van der Waals surface area contributed by atoms with Crippen LogP contribution in [0.5, 0.6) is 0 Å². The van der Waals surface area contributed by atoms with Crippen LogP contribution in [0, 0.1) is 0 Å². The van der Waals surface area contributed by atoms with Crippen LogP contribution in [0.2, 0.25) is 0 Å². The summed E-state index contributed by atoms with van der Waals surface area (Å²) in [5, 5.41) is 3.59. The van der Waals surface area contributed by atoms with Gasteiger partial charge < -0.3 is 5.32 Å². The van der Waals surface area contributed by atoms with Crippen molar-refractivity contribution in [1.29, 1.82) is 0 Å². The zero-order valence-electron chi connectivity index (χ0n) is 14.5. The fourth-order valence-electron chi connectivity index (χ4n) is 3.35. The van der Waals surface area contributed by atoms with E-state index in [1.165, 1.54) is 54.6 Å². The van der Waals surface area contributed by atoms with E-state index in [-0.39, 0.29) is 0 Å². The highest BCUT2D eigenvalue weighted by Crippen LogP contribution is 2.23. The molecule has 1 heterocycles. The monoisotopic (exact) mass is 320 g/mol. The van der Waals surface area contributed by atoms with Crippen molar-refractivity contribution in [3.05, 3.63) is 60.2 Å². The largest absolute Gasteiger partial charge is 0.374 e. The van der Waals surface area contributed by atoms with Gasteiger partial charge in [-0.3, -0.25) is 4.99 Å². The van der Waals surface area contributed by atoms with Crippen molar-refractivity contribution in [3.8, 4) is 11.1 Å². The van der Waals surface area contributed by atoms with Crippen LogP contribution >= 0.6 is 0 Å². The zero-order chi connectivity index (χ0) is 16.5. The van der Waals surface area contributed by atoms with Gasteiger partial charge in [-0.15, -0.1) is 0 Å². The Labute approximate surface area is 146 Å².